The molecule has 0 spiro atoms. The van der Waals surface area contributed by atoms with Crippen molar-refractivity contribution in [1.29, 1.82) is 5.26 Å². The first-order valence-electron chi connectivity index (χ1n) is 6.45. The number of hydrogen-bond acceptors (Lipinski definition) is 5. The van der Waals surface area contributed by atoms with Crippen molar-refractivity contribution in [3.05, 3.63) is 66.1 Å². The van der Waals surface area contributed by atoms with Crippen LogP contribution in [-0.4, -0.2) is 10.2 Å². The Labute approximate surface area is 121 Å². The van der Waals surface area contributed by atoms with Gasteiger partial charge >= 0.3 is 0 Å². The molecule has 1 heterocycles. The van der Waals surface area contributed by atoms with Crippen LogP contribution in [0.2, 0.25) is 0 Å². The summed E-state index contributed by atoms with van der Waals surface area (Å²) in [6.45, 7) is 0.580. The Morgan fingerprint density at radius 1 is 1.14 bits per heavy atom. The largest absolute Gasteiger partial charge is 0.423 e. The number of nitrogens with one attached hydrogen (secondary N) is 1. The predicted molar refractivity (Wildman–Crippen MR) is 78.2 cm³/mol. The number of rotatable bonds is 4. The SMILES string of the molecule is N#Cc1ccccc1CNc1cccc(-c2nnco2)c1. The molecule has 0 atom stereocenters. The Morgan fingerprint density at radius 2 is 2.05 bits per heavy atom. The van der Waals surface area contributed by atoms with Crippen molar-refractivity contribution in [2.45, 2.75) is 6.54 Å². The first kappa shape index (κ1) is 12.9. The molecule has 0 unspecified atom stereocenters. The fourth-order valence-electron chi connectivity index (χ4n) is 2.04. The van der Waals surface area contributed by atoms with Crippen molar-refractivity contribution in [2.24, 2.45) is 0 Å². The van der Waals surface area contributed by atoms with Crippen LogP contribution in [0.15, 0.2) is 59.3 Å². The maximum Gasteiger partial charge on any atom is 0.247 e. The van der Waals surface area contributed by atoms with Gasteiger partial charge in [-0.15, -0.1) is 10.2 Å². The van der Waals surface area contributed by atoms with Gasteiger partial charge in [0.1, 0.15) is 0 Å². The minimum Gasteiger partial charge on any atom is -0.423 e. The molecule has 0 radical (unpaired) electrons. The summed E-state index contributed by atoms with van der Waals surface area (Å²) in [5, 5.41) is 19.9. The molecule has 102 valence electrons. The highest BCUT2D eigenvalue weighted by Gasteiger charge is 2.05. The second kappa shape index (κ2) is 5.88. The van der Waals surface area contributed by atoms with Crippen molar-refractivity contribution in [1.82, 2.24) is 10.2 Å². The van der Waals surface area contributed by atoms with Gasteiger partial charge in [-0.1, -0.05) is 24.3 Å². The number of nitriles is 1. The third kappa shape index (κ3) is 2.90. The monoisotopic (exact) mass is 276 g/mol. The van der Waals surface area contributed by atoms with Crippen molar-refractivity contribution in [3.8, 4) is 17.5 Å². The van der Waals surface area contributed by atoms with Crippen molar-refractivity contribution in [3.63, 3.8) is 0 Å². The molecule has 0 aliphatic rings. The minimum absolute atomic E-state index is 0.482. The summed E-state index contributed by atoms with van der Waals surface area (Å²) in [5.74, 6) is 0.482. The van der Waals surface area contributed by atoms with Gasteiger partial charge in [0.2, 0.25) is 12.3 Å². The van der Waals surface area contributed by atoms with Gasteiger partial charge in [-0.25, -0.2) is 0 Å². The van der Waals surface area contributed by atoms with E-state index < -0.39 is 0 Å². The predicted octanol–water partition coefficient (Wildman–Crippen LogP) is 3.22. The molecule has 0 aliphatic heterocycles. The smallest absolute Gasteiger partial charge is 0.247 e. The highest BCUT2D eigenvalue weighted by Crippen LogP contribution is 2.21. The molecule has 0 bridgehead atoms. The zero-order valence-electron chi connectivity index (χ0n) is 11.2. The lowest BCUT2D eigenvalue weighted by atomic mass is 10.1. The molecule has 0 aliphatic carbocycles. The quantitative estimate of drug-likeness (QED) is 0.791. The van der Waals surface area contributed by atoms with Gasteiger partial charge in [-0.2, -0.15) is 5.26 Å². The maximum atomic E-state index is 9.08. The first-order valence-corrected chi connectivity index (χ1v) is 6.45. The van der Waals surface area contributed by atoms with Gasteiger partial charge in [0.25, 0.3) is 0 Å². The first-order chi connectivity index (χ1) is 10.4. The number of hydrogen-bond donors (Lipinski definition) is 1. The molecule has 2 aromatic carbocycles. The molecule has 5 heteroatoms. The number of nitrogens with zero attached hydrogens (tertiary/aromatic N) is 3. The van der Waals surface area contributed by atoms with E-state index in [1.165, 1.54) is 6.39 Å². The van der Waals surface area contributed by atoms with E-state index in [1.807, 2.05) is 48.5 Å². The molecular formula is C16H12N4O. The molecule has 0 amide bonds. The molecular weight excluding hydrogens is 264 g/mol. The van der Waals surface area contributed by atoms with Crippen LogP contribution in [0.1, 0.15) is 11.1 Å². The van der Waals surface area contributed by atoms with Crippen LogP contribution in [0.5, 0.6) is 0 Å². The molecule has 3 rings (SSSR count). The summed E-state index contributed by atoms with van der Waals surface area (Å²) in [4.78, 5) is 0. The van der Waals surface area contributed by atoms with E-state index in [-0.39, 0.29) is 0 Å². The molecule has 0 saturated carbocycles. The Bertz CT molecular complexity index is 775. The van der Waals surface area contributed by atoms with Crippen LogP contribution in [0.4, 0.5) is 5.69 Å². The molecule has 0 saturated heterocycles. The summed E-state index contributed by atoms with van der Waals surface area (Å²) >= 11 is 0. The van der Waals surface area contributed by atoms with Gasteiger partial charge in [0.05, 0.1) is 11.6 Å². The van der Waals surface area contributed by atoms with E-state index >= 15 is 0 Å². The van der Waals surface area contributed by atoms with Crippen LogP contribution >= 0.6 is 0 Å². The summed E-state index contributed by atoms with van der Waals surface area (Å²) in [5.41, 5.74) is 3.42. The number of aromatic nitrogens is 2. The van der Waals surface area contributed by atoms with E-state index in [9.17, 15) is 0 Å². The van der Waals surface area contributed by atoms with Crippen LogP contribution in [0, 0.1) is 11.3 Å². The zero-order chi connectivity index (χ0) is 14.5. The second-order valence-electron chi connectivity index (χ2n) is 4.45. The van der Waals surface area contributed by atoms with Gasteiger partial charge in [-0.3, -0.25) is 0 Å². The van der Waals surface area contributed by atoms with E-state index in [4.69, 9.17) is 9.68 Å². The summed E-state index contributed by atoms with van der Waals surface area (Å²) in [6.07, 6.45) is 1.30. The van der Waals surface area contributed by atoms with Crippen LogP contribution in [0.25, 0.3) is 11.5 Å². The van der Waals surface area contributed by atoms with E-state index in [2.05, 4.69) is 21.6 Å². The fraction of sp³-hybridized carbons (Fsp3) is 0.0625. The average Bonchev–Trinajstić information content (AvgIpc) is 3.08. The topological polar surface area (TPSA) is 74.7 Å². The highest BCUT2D eigenvalue weighted by atomic mass is 16.4. The van der Waals surface area contributed by atoms with Crippen LogP contribution in [0.3, 0.4) is 0 Å². The average molecular weight is 276 g/mol. The highest BCUT2D eigenvalue weighted by molar-refractivity contribution is 5.61. The van der Waals surface area contributed by atoms with Crippen molar-refractivity contribution >= 4 is 5.69 Å². The van der Waals surface area contributed by atoms with Crippen LogP contribution in [-0.2, 0) is 6.54 Å². The fourth-order valence-corrected chi connectivity index (χ4v) is 2.04. The Kier molecular flexibility index (Phi) is 3.61. The van der Waals surface area contributed by atoms with Gasteiger partial charge in [0, 0.05) is 17.8 Å². The third-order valence-electron chi connectivity index (χ3n) is 3.09. The summed E-state index contributed by atoms with van der Waals surface area (Å²) < 4.78 is 5.18. The molecule has 0 fully saturated rings. The molecule has 3 aromatic rings. The third-order valence-corrected chi connectivity index (χ3v) is 3.09. The number of anilines is 1. The molecule has 1 aromatic heterocycles. The molecule has 1 N–H and O–H groups in total. The van der Waals surface area contributed by atoms with Crippen molar-refractivity contribution in [2.75, 3.05) is 5.32 Å². The second-order valence-corrected chi connectivity index (χ2v) is 4.45. The van der Waals surface area contributed by atoms with Crippen LogP contribution < -0.4 is 5.32 Å². The Balaban J connectivity index is 1.77. The molecule has 5 nitrogen and oxygen atoms in total. The normalized spacial score (nSPS) is 10.0. The van der Waals surface area contributed by atoms with Gasteiger partial charge in [-0.05, 0) is 29.8 Å². The molecule has 21 heavy (non-hydrogen) atoms. The maximum absolute atomic E-state index is 9.08. The number of benzene rings is 2. The standard InChI is InChI=1S/C16H12N4O/c17-9-13-4-1-2-5-14(13)10-18-15-7-3-6-12(8-15)16-20-19-11-21-16/h1-8,11,18H,10H2. The van der Waals surface area contributed by atoms with E-state index in [0.717, 1.165) is 16.8 Å². The van der Waals surface area contributed by atoms with Crippen molar-refractivity contribution < 1.29 is 4.42 Å². The lowest BCUT2D eigenvalue weighted by Gasteiger charge is -2.08. The van der Waals surface area contributed by atoms with Gasteiger partial charge < -0.3 is 9.73 Å². The van der Waals surface area contributed by atoms with E-state index in [0.29, 0.717) is 18.0 Å². The van der Waals surface area contributed by atoms with E-state index in [1.54, 1.807) is 0 Å². The Hall–Kier alpha value is -3.13. The Morgan fingerprint density at radius 3 is 2.86 bits per heavy atom. The van der Waals surface area contributed by atoms with Gasteiger partial charge in [0.15, 0.2) is 0 Å². The minimum atomic E-state index is 0.482. The summed E-state index contributed by atoms with van der Waals surface area (Å²) in [6, 6.07) is 17.4. The lowest BCUT2D eigenvalue weighted by Crippen LogP contribution is -2.01. The zero-order valence-corrected chi connectivity index (χ0v) is 11.2. The lowest BCUT2D eigenvalue weighted by molar-refractivity contribution is 0.568. The summed E-state index contributed by atoms with van der Waals surface area (Å²) in [7, 11) is 0.